The molecule has 0 aromatic rings. The number of ether oxygens (including phenoxy) is 1. The Bertz CT molecular complexity index is 959. The quantitative estimate of drug-likeness (QED) is 0.302. The molecule has 0 aromatic carbocycles. The third-order valence-corrected chi connectivity index (χ3v) is 14.5. The Labute approximate surface area is 262 Å². The summed E-state index contributed by atoms with van der Waals surface area (Å²) in [5.74, 6) is 6.31. The topological polar surface area (TPSA) is 29.5 Å². The van der Waals surface area contributed by atoms with Gasteiger partial charge >= 0.3 is 0 Å². The van der Waals surface area contributed by atoms with Crippen molar-refractivity contribution >= 4 is 0 Å². The maximum atomic E-state index is 12.7. The van der Waals surface area contributed by atoms with E-state index in [-0.39, 0.29) is 27.8 Å². The highest BCUT2D eigenvalue weighted by Crippen LogP contribution is 2.74. The molecule has 1 N–H and O–H groups in total. The Morgan fingerprint density at radius 2 is 1.60 bits per heavy atom. The van der Waals surface area contributed by atoms with Gasteiger partial charge in [-0.2, -0.15) is 0 Å². The van der Waals surface area contributed by atoms with Crippen LogP contribution in [-0.4, -0.2) is 23.9 Å². The summed E-state index contributed by atoms with van der Waals surface area (Å²) in [5, 5.41) is 12.7. The first-order valence-electron chi connectivity index (χ1n) is 18.2. The first-order chi connectivity index (χ1) is 19.2. The van der Waals surface area contributed by atoms with Crippen LogP contribution in [0.1, 0.15) is 135 Å². The molecule has 0 bridgehead atoms. The Morgan fingerprint density at radius 1 is 0.976 bits per heavy atom. The standard InChI is InChI=1S/C40H72O2/c1-23(2)31-18-30(17-16-26(6)42-22-37(10,11)12)27(7)34-32(31)20-38(13)21-39(14)19-25(5)33(24(3)4)28(8)40(39,15)29(9)35(38)36(34)41/h23-27,29-36,41H,8,16-22H2,1-7,9-15H3. The van der Waals surface area contributed by atoms with E-state index in [2.05, 4.69) is 96.9 Å². The summed E-state index contributed by atoms with van der Waals surface area (Å²) in [5.41, 5.74) is 2.21. The van der Waals surface area contributed by atoms with E-state index < -0.39 is 0 Å². The van der Waals surface area contributed by atoms with Crippen LogP contribution < -0.4 is 0 Å². The van der Waals surface area contributed by atoms with Crippen molar-refractivity contribution in [3.63, 3.8) is 0 Å². The van der Waals surface area contributed by atoms with Gasteiger partial charge in [0.2, 0.25) is 0 Å². The van der Waals surface area contributed by atoms with Crippen LogP contribution in [0.15, 0.2) is 12.2 Å². The van der Waals surface area contributed by atoms with E-state index in [0.29, 0.717) is 71.2 Å². The zero-order valence-corrected chi connectivity index (χ0v) is 30.5. The summed E-state index contributed by atoms with van der Waals surface area (Å²) in [6.45, 7) is 39.9. The zero-order chi connectivity index (χ0) is 31.7. The van der Waals surface area contributed by atoms with Gasteiger partial charge in [-0.1, -0.05) is 102 Å². The molecule has 0 amide bonds. The summed E-state index contributed by atoms with van der Waals surface area (Å²) in [7, 11) is 0. The van der Waals surface area contributed by atoms with Crippen molar-refractivity contribution in [2.75, 3.05) is 6.61 Å². The van der Waals surface area contributed by atoms with Gasteiger partial charge in [-0.25, -0.2) is 0 Å². The number of hydrogen-bond acceptors (Lipinski definition) is 2. The minimum Gasteiger partial charge on any atom is -0.392 e. The van der Waals surface area contributed by atoms with Crippen LogP contribution in [0.4, 0.5) is 0 Å². The highest BCUT2D eigenvalue weighted by molar-refractivity contribution is 5.29. The molecule has 4 aliphatic carbocycles. The molecule has 2 nitrogen and oxygen atoms in total. The van der Waals surface area contributed by atoms with Crippen molar-refractivity contribution in [3.05, 3.63) is 12.2 Å². The average molecular weight is 585 g/mol. The summed E-state index contributed by atoms with van der Waals surface area (Å²) in [4.78, 5) is 0. The highest BCUT2D eigenvalue weighted by atomic mass is 16.5. The van der Waals surface area contributed by atoms with Crippen LogP contribution in [-0.2, 0) is 4.74 Å². The molecule has 14 atom stereocenters. The van der Waals surface area contributed by atoms with Crippen molar-refractivity contribution in [2.45, 2.75) is 148 Å². The molecule has 244 valence electrons. The molecule has 4 saturated carbocycles. The maximum absolute atomic E-state index is 12.7. The van der Waals surface area contributed by atoms with Gasteiger partial charge in [0.15, 0.2) is 0 Å². The number of fused-ring (bicyclic) bond motifs is 3. The Hall–Kier alpha value is -0.340. The van der Waals surface area contributed by atoms with E-state index in [1.165, 1.54) is 37.7 Å². The Morgan fingerprint density at radius 3 is 2.14 bits per heavy atom. The van der Waals surface area contributed by atoms with E-state index in [9.17, 15) is 5.11 Å². The zero-order valence-electron chi connectivity index (χ0n) is 30.5. The second-order valence-corrected chi connectivity index (χ2v) is 19.3. The van der Waals surface area contributed by atoms with Crippen molar-refractivity contribution < 1.29 is 9.84 Å². The second kappa shape index (κ2) is 11.8. The molecule has 42 heavy (non-hydrogen) atoms. The minimum absolute atomic E-state index is 0.0705. The van der Waals surface area contributed by atoms with Crippen LogP contribution >= 0.6 is 0 Å². The number of aliphatic hydroxyl groups excluding tert-OH is 1. The molecule has 14 unspecified atom stereocenters. The maximum Gasteiger partial charge on any atom is 0.0610 e. The van der Waals surface area contributed by atoms with Gasteiger partial charge in [0.05, 0.1) is 18.8 Å². The van der Waals surface area contributed by atoms with E-state index in [1.807, 2.05) is 0 Å². The molecule has 2 heteroatoms. The third kappa shape index (κ3) is 5.74. The molecular formula is C40H72O2. The molecule has 0 saturated heterocycles. The molecule has 0 aromatic heterocycles. The van der Waals surface area contributed by atoms with E-state index in [0.717, 1.165) is 13.0 Å². The van der Waals surface area contributed by atoms with E-state index >= 15 is 0 Å². The normalized spacial score (nSPS) is 48.5. The molecule has 4 rings (SSSR count). The van der Waals surface area contributed by atoms with Gasteiger partial charge in [-0.15, -0.1) is 0 Å². The fourth-order valence-electron chi connectivity index (χ4n) is 12.6. The SMILES string of the molecule is C=C1C(C(C)C)C(C)CC2(C)CC3(C)CC4C(C(C)C)CC(CCC(C)OCC(C)(C)C)C(C)C4C(O)C3C(C)C12C. The minimum atomic E-state index is -0.219. The molecule has 0 radical (unpaired) electrons. The predicted octanol–water partition coefficient (Wildman–Crippen LogP) is 10.7. The molecular weight excluding hydrogens is 512 g/mol. The monoisotopic (exact) mass is 585 g/mol. The van der Waals surface area contributed by atoms with Crippen LogP contribution in [0.2, 0.25) is 0 Å². The van der Waals surface area contributed by atoms with Gasteiger partial charge in [0.25, 0.3) is 0 Å². The summed E-state index contributed by atoms with van der Waals surface area (Å²) in [6, 6.07) is 0. The first kappa shape index (κ1) is 34.5. The molecule has 0 spiro atoms. The summed E-state index contributed by atoms with van der Waals surface area (Å²) >= 11 is 0. The lowest BCUT2D eigenvalue weighted by molar-refractivity contribution is -0.234. The van der Waals surface area contributed by atoms with Gasteiger partial charge in [-0.05, 0) is 132 Å². The third-order valence-electron chi connectivity index (χ3n) is 14.5. The van der Waals surface area contributed by atoms with Crippen LogP contribution in [0.5, 0.6) is 0 Å². The first-order valence-corrected chi connectivity index (χ1v) is 18.2. The lowest BCUT2D eigenvalue weighted by Gasteiger charge is -2.72. The summed E-state index contributed by atoms with van der Waals surface area (Å²) in [6.07, 6.45) is 7.60. The van der Waals surface area contributed by atoms with Gasteiger partial charge < -0.3 is 9.84 Å². The van der Waals surface area contributed by atoms with Gasteiger partial charge in [-0.3, -0.25) is 0 Å². The lowest BCUT2D eigenvalue weighted by Crippen LogP contribution is -2.67. The number of aliphatic hydroxyl groups is 1. The number of hydrogen-bond donors (Lipinski definition) is 1. The average Bonchev–Trinajstić information content (AvgIpc) is 2.83. The second-order valence-electron chi connectivity index (χ2n) is 19.3. The van der Waals surface area contributed by atoms with Crippen LogP contribution in [0.25, 0.3) is 0 Å². The predicted molar refractivity (Wildman–Crippen MR) is 180 cm³/mol. The Kier molecular flexibility index (Phi) is 9.69. The molecule has 4 aliphatic rings. The van der Waals surface area contributed by atoms with Crippen LogP contribution in [0, 0.1) is 86.8 Å². The molecule has 0 aliphatic heterocycles. The van der Waals surface area contributed by atoms with Crippen LogP contribution in [0.3, 0.4) is 0 Å². The number of allylic oxidation sites excluding steroid dienone is 1. The van der Waals surface area contributed by atoms with Gasteiger partial charge in [0.1, 0.15) is 0 Å². The Balaban J connectivity index is 1.64. The van der Waals surface area contributed by atoms with Crippen molar-refractivity contribution in [1.29, 1.82) is 0 Å². The van der Waals surface area contributed by atoms with E-state index in [1.54, 1.807) is 0 Å². The molecule has 4 fully saturated rings. The fourth-order valence-corrected chi connectivity index (χ4v) is 12.6. The lowest BCUT2D eigenvalue weighted by atomic mass is 9.33. The van der Waals surface area contributed by atoms with E-state index in [4.69, 9.17) is 11.3 Å². The smallest absolute Gasteiger partial charge is 0.0610 e. The van der Waals surface area contributed by atoms with Crippen molar-refractivity contribution in [2.24, 2.45) is 86.8 Å². The largest absolute Gasteiger partial charge is 0.392 e. The summed E-state index contributed by atoms with van der Waals surface area (Å²) < 4.78 is 6.29. The number of rotatable bonds is 7. The molecule has 0 heterocycles. The highest BCUT2D eigenvalue weighted by Gasteiger charge is 2.69. The fraction of sp³-hybridized carbons (Fsp3) is 0.950. The van der Waals surface area contributed by atoms with Crippen molar-refractivity contribution in [1.82, 2.24) is 0 Å². The van der Waals surface area contributed by atoms with Crippen molar-refractivity contribution in [3.8, 4) is 0 Å². The van der Waals surface area contributed by atoms with Gasteiger partial charge in [0, 0.05) is 0 Å².